The van der Waals surface area contributed by atoms with E-state index in [1.807, 2.05) is 0 Å². The molecule has 10 heteroatoms. The summed E-state index contributed by atoms with van der Waals surface area (Å²) in [5, 5.41) is 13.4. The van der Waals surface area contributed by atoms with E-state index in [0.717, 1.165) is 18.2 Å². The first-order valence-corrected chi connectivity index (χ1v) is 10.0. The van der Waals surface area contributed by atoms with Crippen molar-refractivity contribution in [2.24, 2.45) is 5.41 Å². The van der Waals surface area contributed by atoms with Crippen LogP contribution in [0.25, 0.3) is 11.3 Å². The molecule has 1 spiro atoms. The molecule has 1 aliphatic carbocycles. The fraction of sp³-hybridized carbons (Fsp3) is 0.318. The maximum absolute atomic E-state index is 14.0. The first kappa shape index (κ1) is 20.5. The summed E-state index contributed by atoms with van der Waals surface area (Å²) in [7, 11) is 0. The van der Waals surface area contributed by atoms with Crippen LogP contribution in [0.3, 0.4) is 0 Å². The van der Waals surface area contributed by atoms with E-state index in [1.165, 1.54) is 28.0 Å². The zero-order valence-corrected chi connectivity index (χ0v) is 16.7. The summed E-state index contributed by atoms with van der Waals surface area (Å²) < 4.78 is 55.2. The molecule has 1 N–H and O–H groups in total. The number of pyridine rings is 1. The van der Waals surface area contributed by atoms with Crippen molar-refractivity contribution in [3.05, 3.63) is 65.9 Å². The van der Waals surface area contributed by atoms with Crippen molar-refractivity contribution in [3.63, 3.8) is 0 Å². The lowest BCUT2D eigenvalue weighted by Crippen LogP contribution is -2.64. The lowest BCUT2D eigenvalue weighted by molar-refractivity contribution is -0.142. The van der Waals surface area contributed by atoms with Crippen LogP contribution in [0.5, 0.6) is 5.75 Å². The predicted molar refractivity (Wildman–Crippen MR) is 105 cm³/mol. The molecule has 166 valence electrons. The van der Waals surface area contributed by atoms with Gasteiger partial charge in [-0.3, -0.25) is 14.5 Å². The molecule has 5 rings (SSSR count). The molecule has 2 aliphatic rings. The molecule has 1 aromatic carbocycles. The Bertz CT molecular complexity index is 1180. The standard InChI is InChI=1S/C22H18F4N4O2/c23-17-2-1-15(31)7-16(17)20(32)29-11-21(12-29)9-14(10-21)30-18(13-3-5-27-6-4-13)8-19(28-30)22(24,25)26/h1-8,14,31H,9-12H2. The van der Waals surface area contributed by atoms with Crippen LogP contribution in [0.2, 0.25) is 0 Å². The highest BCUT2D eigenvalue weighted by atomic mass is 19.4. The van der Waals surface area contributed by atoms with Gasteiger partial charge in [0.05, 0.1) is 17.3 Å². The molecule has 0 unspecified atom stereocenters. The van der Waals surface area contributed by atoms with Gasteiger partial charge in [0, 0.05) is 36.5 Å². The van der Waals surface area contributed by atoms with Crippen LogP contribution >= 0.6 is 0 Å². The number of likely N-dealkylation sites (tertiary alicyclic amines) is 1. The second-order valence-electron chi connectivity index (χ2n) is 8.48. The zero-order chi connectivity index (χ0) is 22.7. The van der Waals surface area contributed by atoms with E-state index in [9.17, 15) is 27.5 Å². The second kappa shape index (κ2) is 7.04. The number of benzene rings is 1. The summed E-state index contributed by atoms with van der Waals surface area (Å²) in [5.74, 6) is -1.42. The van der Waals surface area contributed by atoms with E-state index in [-0.39, 0.29) is 22.8 Å². The van der Waals surface area contributed by atoms with Crippen molar-refractivity contribution < 1.29 is 27.5 Å². The summed E-state index contributed by atoms with van der Waals surface area (Å²) >= 11 is 0. The largest absolute Gasteiger partial charge is 0.508 e. The Morgan fingerprint density at radius 1 is 1.09 bits per heavy atom. The number of rotatable bonds is 3. The number of phenolic OH excluding ortho intramolecular Hbond substituents is 1. The second-order valence-corrected chi connectivity index (χ2v) is 8.48. The smallest absolute Gasteiger partial charge is 0.435 e. The Morgan fingerprint density at radius 2 is 1.78 bits per heavy atom. The van der Waals surface area contributed by atoms with E-state index < -0.39 is 23.6 Å². The Labute approximate surface area is 180 Å². The maximum atomic E-state index is 14.0. The Morgan fingerprint density at radius 3 is 2.44 bits per heavy atom. The molecule has 1 aliphatic heterocycles. The summed E-state index contributed by atoms with van der Waals surface area (Å²) in [6, 6.07) is 7.38. The van der Waals surface area contributed by atoms with Crippen LogP contribution in [0, 0.1) is 11.2 Å². The van der Waals surface area contributed by atoms with Crippen molar-refractivity contribution in [1.82, 2.24) is 19.7 Å². The number of hydrogen-bond donors (Lipinski definition) is 1. The van der Waals surface area contributed by atoms with E-state index in [4.69, 9.17) is 0 Å². The lowest BCUT2D eigenvalue weighted by atomic mass is 9.60. The minimum Gasteiger partial charge on any atom is -0.508 e. The molecular formula is C22H18F4N4O2. The number of hydrogen-bond acceptors (Lipinski definition) is 4. The number of amides is 1. The molecule has 1 saturated heterocycles. The van der Waals surface area contributed by atoms with Gasteiger partial charge in [-0.1, -0.05) is 0 Å². The maximum Gasteiger partial charge on any atom is 0.435 e. The normalized spacial score (nSPS) is 17.8. The molecule has 1 amide bonds. The molecular weight excluding hydrogens is 428 g/mol. The van der Waals surface area contributed by atoms with Crippen molar-refractivity contribution in [2.75, 3.05) is 13.1 Å². The van der Waals surface area contributed by atoms with E-state index in [0.29, 0.717) is 37.2 Å². The topological polar surface area (TPSA) is 71.2 Å². The molecule has 3 heterocycles. The fourth-order valence-electron chi connectivity index (χ4n) is 4.68. The molecule has 0 atom stereocenters. The van der Waals surface area contributed by atoms with Gasteiger partial charge in [0.2, 0.25) is 0 Å². The van der Waals surface area contributed by atoms with E-state index in [1.54, 1.807) is 12.1 Å². The molecule has 2 aromatic heterocycles. The molecule has 1 saturated carbocycles. The van der Waals surface area contributed by atoms with Gasteiger partial charge in [-0.25, -0.2) is 4.39 Å². The van der Waals surface area contributed by atoms with Crippen LogP contribution in [0.4, 0.5) is 17.6 Å². The summed E-state index contributed by atoms with van der Waals surface area (Å²) in [4.78, 5) is 18.0. The third kappa shape index (κ3) is 3.39. The minimum absolute atomic E-state index is 0.197. The van der Waals surface area contributed by atoms with Gasteiger partial charge >= 0.3 is 6.18 Å². The van der Waals surface area contributed by atoms with Gasteiger partial charge in [-0.2, -0.15) is 18.3 Å². The Hall–Kier alpha value is -3.43. The quantitative estimate of drug-likeness (QED) is 0.610. The van der Waals surface area contributed by atoms with Crippen molar-refractivity contribution in [3.8, 4) is 17.0 Å². The molecule has 3 aromatic rings. The molecule has 6 nitrogen and oxygen atoms in total. The van der Waals surface area contributed by atoms with E-state index >= 15 is 0 Å². The fourth-order valence-corrected chi connectivity index (χ4v) is 4.68. The highest BCUT2D eigenvalue weighted by molar-refractivity contribution is 5.95. The third-order valence-electron chi connectivity index (χ3n) is 6.21. The minimum atomic E-state index is -4.56. The van der Waals surface area contributed by atoms with Crippen LogP contribution in [0.1, 0.15) is 34.9 Å². The van der Waals surface area contributed by atoms with E-state index in [2.05, 4.69) is 10.1 Å². The van der Waals surface area contributed by atoms with Gasteiger partial charge in [0.25, 0.3) is 5.91 Å². The molecule has 0 bridgehead atoms. The first-order chi connectivity index (χ1) is 15.2. The number of halogens is 4. The SMILES string of the molecule is O=C(c1cc(O)ccc1F)N1CC2(CC(n3nc(C(F)(F)F)cc3-c3ccncc3)C2)C1. The first-order valence-electron chi connectivity index (χ1n) is 10.0. The van der Waals surface area contributed by atoms with Gasteiger partial charge in [-0.15, -0.1) is 0 Å². The van der Waals surface area contributed by atoms with Crippen LogP contribution in [-0.2, 0) is 6.18 Å². The van der Waals surface area contributed by atoms with Gasteiger partial charge in [0.1, 0.15) is 11.6 Å². The van der Waals surface area contributed by atoms with Crippen LogP contribution in [0.15, 0.2) is 48.8 Å². The van der Waals surface area contributed by atoms with Crippen LogP contribution in [-0.4, -0.2) is 43.8 Å². The number of carbonyl (C=O) groups excluding carboxylic acids is 1. The van der Waals surface area contributed by atoms with Crippen molar-refractivity contribution in [1.29, 1.82) is 0 Å². The highest BCUT2D eigenvalue weighted by Gasteiger charge is 2.55. The van der Waals surface area contributed by atoms with Gasteiger partial charge in [-0.05, 0) is 49.2 Å². The summed E-state index contributed by atoms with van der Waals surface area (Å²) in [6.45, 7) is 0.769. The zero-order valence-electron chi connectivity index (χ0n) is 16.7. The Balaban J connectivity index is 1.32. The molecule has 0 radical (unpaired) electrons. The Kier molecular flexibility index (Phi) is 4.51. The molecule has 32 heavy (non-hydrogen) atoms. The number of carbonyl (C=O) groups is 1. The van der Waals surface area contributed by atoms with Crippen molar-refractivity contribution in [2.45, 2.75) is 25.1 Å². The molecule has 2 fully saturated rings. The summed E-state index contributed by atoms with van der Waals surface area (Å²) in [6.07, 6.45) is -0.400. The third-order valence-corrected chi connectivity index (χ3v) is 6.21. The predicted octanol–water partition coefficient (Wildman–Crippen LogP) is 4.29. The van der Waals surface area contributed by atoms with Gasteiger partial charge < -0.3 is 10.0 Å². The number of aromatic hydroxyl groups is 1. The number of alkyl halides is 3. The summed E-state index contributed by atoms with van der Waals surface area (Å²) in [5.41, 5.74) is -0.400. The number of nitrogens with zero attached hydrogens (tertiary/aromatic N) is 4. The van der Waals surface area contributed by atoms with Crippen molar-refractivity contribution >= 4 is 5.91 Å². The number of aromatic nitrogens is 3. The number of phenols is 1. The lowest BCUT2D eigenvalue weighted by Gasteiger charge is -2.59. The average molecular weight is 446 g/mol. The van der Waals surface area contributed by atoms with Crippen LogP contribution < -0.4 is 0 Å². The highest BCUT2D eigenvalue weighted by Crippen LogP contribution is 2.55. The van der Waals surface area contributed by atoms with Gasteiger partial charge in [0.15, 0.2) is 5.69 Å². The average Bonchev–Trinajstić information content (AvgIpc) is 3.14. The monoisotopic (exact) mass is 446 g/mol.